The van der Waals surface area contributed by atoms with Gasteiger partial charge in [-0.2, -0.15) is 0 Å². The number of aromatic nitrogens is 1. The normalized spacial score (nSPS) is 12.7. The predicted molar refractivity (Wildman–Crippen MR) is 61.8 cm³/mol. The molecule has 3 nitrogen and oxygen atoms in total. The quantitative estimate of drug-likeness (QED) is 0.773. The van der Waals surface area contributed by atoms with Crippen LogP contribution in [0.1, 0.15) is 25.1 Å². The van der Waals surface area contributed by atoms with Crippen LogP contribution >= 0.6 is 0 Å². The highest BCUT2D eigenvalue weighted by molar-refractivity contribution is 5.19. The molecule has 0 bridgehead atoms. The highest BCUT2D eigenvalue weighted by atomic mass is 16.5. The van der Waals surface area contributed by atoms with E-state index in [1.165, 1.54) is 5.56 Å². The van der Waals surface area contributed by atoms with Gasteiger partial charge in [-0.15, -0.1) is 0 Å². The Balaban J connectivity index is 2.49. The lowest BCUT2D eigenvalue weighted by atomic mass is 10.1. The molecule has 1 rings (SSSR count). The molecular weight excluding hydrogens is 188 g/mol. The summed E-state index contributed by atoms with van der Waals surface area (Å²) < 4.78 is 5.07. The van der Waals surface area contributed by atoms with Crippen LogP contribution < -0.4 is 5.32 Å². The standard InChI is InChI=1S/C12H20N2O/c1-4-11-6-5-7-13-12(11)8-14-10(2)9-15-3/h5-7,10,14H,4,8-9H2,1-3H3. The minimum atomic E-state index is 0.363. The van der Waals surface area contributed by atoms with Gasteiger partial charge in [0.1, 0.15) is 0 Å². The first-order chi connectivity index (χ1) is 7.27. The van der Waals surface area contributed by atoms with E-state index < -0.39 is 0 Å². The highest BCUT2D eigenvalue weighted by Gasteiger charge is 2.04. The van der Waals surface area contributed by atoms with E-state index in [-0.39, 0.29) is 0 Å². The topological polar surface area (TPSA) is 34.2 Å². The molecule has 1 N–H and O–H groups in total. The van der Waals surface area contributed by atoms with Gasteiger partial charge >= 0.3 is 0 Å². The number of pyridine rings is 1. The first-order valence-electron chi connectivity index (χ1n) is 5.43. The molecule has 3 heteroatoms. The minimum absolute atomic E-state index is 0.363. The van der Waals surface area contributed by atoms with Crippen LogP contribution in [-0.2, 0) is 17.7 Å². The van der Waals surface area contributed by atoms with Gasteiger partial charge in [0, 0.05) is 25.9 Å². The number of nitrogens with one attached hydrogen (secondary N) is 1. The molecule has 0 saturated carbocycles. The van der Waals surface area contributed by atoms with Crippen molar-refractivity contribution in [2.75, 3.05) is 13.7 Å². The maximum Gasteiger partial charge on any atom is 0.0613 e. The third-order valence-electron chi connectivity index (χ3n) is 2.40. The smallest absolute Gasteiger partial charge is 0.0613 e. The molecule has 84 valence electrons. The average Bonchev–Trinajstić information content (AvgIpc) is 2.27. The number of hydrogen-bond donors (Lipinski definition) is 1. The summed E-state index contributed by atoms with van der Waals surface area (Å²) in [6.45, 7) is 5.81. The third-order valence-corrected chi connectivity index (χ3v) is 2.40. The lowest BCUT2D eigenvalue weighted by Crippen LogP contribution is -2.30. The lowest BCUT2D eigenvalue weighted by molar-refractivity contribution is 0.171. The Morgan fingerprint density at radius 2 is 2.33 bits per heavy atom. The van der Waals surface area contributed by atoms with Crippen LogP contribution in [0.3, 0.4) is 0 Å². The van der Waals surface area contributed by atoms with Crippen molar-refractivity contribution in [2.24, 2.45) is 0 Å². The molecule has 0 radical (unpaired) electrons. The van der Waals surface area contributed by atoms with Gasteiger partial charge in [-0.25, -0.2) is 0 Å². The van der Waals surface area contributed by atoms with Crippen LogP contribution in [0.5, 0.6) is 0 Å². The zero-order valence-electron chi connectivity index (χ0n) is 9.79. The fraction of sp³-hybridized carbons (Fsp3) is 0.583. The van der Waals surface area contributed by atoms with Crippen molar-refractivity contribution in [3.8, 4) is 0 Å². The predicted octanol–water partition coefficient (Wildman–Crippen LogP) is 1.77. The van der Waals surface area contributed by atoms with Crippen molar-refractivity contribution in [2.45, 2.75) is 32.9 Å². The van der Waals surface area contributed by atoms with E-state index in [9.17, 15) is 0 Å². The van der Waals surface area contributed by atoms with E-state index in [4.69, 9.17) is 4.74 Å². The molecule has 0 aromatic carbocycles. The van der Waals surface area contributed by atoms with E-state index in [1.807, 2.05) is 12.3 Å². The molecule has 15 heavy (non-hydrogen) atoms. The monoisotopic (exact) mass is 208 g/mol. The largest absolute Gasteiger partial charge is 0.383 e. The maximum absolute atomic E-state index is 5.07. The molecule has 0 aliphatic rings. The molecule has 1 heterocycles. The van der Waals surface area contributed by atoms with E-state index in [0.29, 0.717) is 6.04 Å². The number of nitrogens with zero attached hydrogens (tertiary/aromatic N) is 1. The summed E-state index contributed by atoms with van der Waals surface area (Å²) in [4.78, 5) is 4.38. The Kier molecular flexibility index (Phi) is 5.29. The van der Waals surface area contributed by atoms with Crippen LogP contribution in [0.2, 0.25) is 0 Å². The van der Waals surface area contributed by atoms with Crippen LogP contribution in [0, 0.1) is 0 Å². The number of methoxy groups -OCH3 is 1. The number of hydrogen-bond acceptors (Lipinski definition) is 3. The summed E-state index contributed by atoms with van der Waals surface area (Å²) in [6, 6.07) is 4.48. The van der Waals surface area contributed by atoms with Crippen molar-refractivity contribution >= 4 is 0 Å². The zero-order valence-corrected chi connectivity index (χ0v) is 9.79. The van der Waals surface area contributed by atoms with Crippen molar-refractivity contribution in [3.63, 3.8) is 0 Å². The van der Waals surface area contributed by atoms with Gasteiger partial charge in [0.05, 0.1) is 12.3 Å². The summed E-state index contributed by atoms with van der Waals surface area (Å²) in [5, 5.41) is 3.39. The number of ether oxygens (including phenoxy) is 1. The molecule has 0 fully saturated rings. The number of rotatable bonds is 6. The fourth-order valence-electron chi connectivity index (χ4n) is 1.53. The maximum atomic E-state index is 5.07. The third kappa shape index (κ3) is 3.98. The molecule has 0 amide bonds. The van der Waals surface area contributed by atoms with Gasteiger partial charge in [-0.1, -0.05) is 13.0 Å². The van der Waals surface area contributed by atoms with Crippen LogP contribution in [-0.4, -0.2) is 24.7 Å². The average molecular weight is 208 g/mol. The van der Waals surface area contributed by atoms with Gasteiger partial charge in [-0.05, 0) is 25.0 Å². The SMILES string of the molecule is CCc1cccnc1CNC(C)COC. The van der Waals surface area contributed by atoms with Gasteiger partial charge in [0.15, 0.2) is 0 Å². The van der Waals surface area contributed by atoms with Crippen LogP contribution in [0.15, 0.2) is 18.3 Å². The highest BCUT2D eigenvalue weighted by Crippen LogP contribution is 2.05. The molecule has 0 aliphatic carbocycles. The summed E-state index contributed by atoms with van der Waals surface area (Å²) in [7, 11) is 1.72. The Hall–Kier alpha value is -0.930. The molecular formula is C12H20N2O. The second-order valence-electron chi connectivity index (χ2n) is 3.70. The summed E-state index contributed by atoms with van der Waals surface area (Å²) in [5.41, 5.74) is 2.46. The van der Waals surface area contributed by atoms with Crippen molar-refractivity contribution in [1.29, 1.82) is 0 Å². The zero-order chi connectivity index (χ0) is 11.1. The summed E-state index contributed by atoms with van der Waals surface area (Å²) in [6.07, 6.45) is 2.88. The Labute approximate surface area is 91.9 Å². The Morgan fingerprint density at radius 3 is 3.00 bits per heavy atom. The van der Waals surface area contributed by atoms with Crippen LogP contribution in [0.4, 0.5) is 0 Å². The minimum Gasteiger partial charge on any atom is -0.383 e. The van der Waals surface area contributed by atoms with Crippen molar-refractivity contribution in [1.82, 2.24) is 10.3 Å². The molecule has 1 atom stereocenters. The Morgan fingerprint density at radius 1 is 1.53 bits per heavy atom. The van der Waals surface area contributed by atoms with Gasteiger partial charge < -0.3 is 10.1 Å². The molecule has 0 spiro atoms. The van der Waals surface area contributed by atoms with E-state index in [2.05, 4.69) is 30.2 Å². The second kappa shape index (κ2) is 6.53. The molecule has 1 unspecified atom stereocenters. The summed E-state index contributed by atoms with van der Waals surface area (Å²) in [5.74, 6) is 0. The molecule has 0 saturated heterocycles. The lowest BCUT2D eigenvalue weighted by Gasteiger charge is -2.13. The molecule has 1 aromatic rings. The van der Waals surface area contributed by atoms with E-state index in [0.717, 1.165) is 25.3 Å². The fourth-order valence-corrected chi connectivity index (χ4v) is 1.53. The van der Waals surface area contributed by atoms with E-state index >= 15 is 0 Å². The van der Waals surface area contributed by atoms with Crippen molar-refractivity contribution < 1.29 is 4.74 Å². The van der Waals surface area contributed by atoms with Gasteiger partial charge in [0.25, 0.3) is 0 Å². The van der Waals surface area contributed by atoms with Gasteiger partial charge in [-0.3, -0.25) is 4.98 Å². The second-order valence-corrected chi connectivity index (χ2v) is 3.70. The van der Waals surface area contributed by atoms with Gasteiger partial charge in [0.2, 0.25) is 0 Å². The Bertz CT molecular complexity index is 289. The van der Waals surface area contributed by atoms with Crippen molar-refractivity contribution in [3.05, 3.63) is 29.6 Å². The van der Waals surface area contributed by atoms with E-state index in [1.54, 1.807) is 7.11 Å². The summed E-state index contributed by atoms with van der Waals surface area (Å²) >= 11 is 0. The molecule has 1 aromatic heterocycles. The first kappa shape index (κ1) is 12.1. The number of aryl methyl sites for hydroxylation is 1. The first-order valence-corrected chi connectivity index (χ1v) is 5.43. The molecule has 0 aliphatic heterocycles. The van der Waals surface area contributed by atoms with Crippen LogP contribution in [0.25, 0.3) is 0 Å².